The molecule has 0 saturated heterocycles. The minimum Gasteiger partial charge on any atom is -0.330 e. The Morgan fingerprint density at radius 1 is 1.05 bits per heavy atom. The zero-order chi connectivity index (χ0) is 15.4. The molecule has 112 valence electrons. The van der Waals surface area contributed by atoms with Crippen LogP contribution in [0.25, 0.3) is 0 Å². The number of hydrogen-bond donors (Lipinski definition) is 1. The maximum absolute atomic E-state index is 5.88. The van der Waals surface area contributed by atoms with Crippen molar-refractivity contribution < 1.29 is 0 Å². The van der Waals surface area contributed by atoms with Crippen molar-refractivity contribution in [3.8, 4) is 0 Å². The molecule has 0 aliphatic rings. The van der Waals surface area contributed by atoms with E-state index in [9.17, 15) is 0 Å². The molecule has 1 N–H and O–H groups in total. The SMILES string of the molecule is Cc1ccc(Nc2nnc(CSc3ccc(Cl)cc3)s2)cc1. The molecule has 0 amide bonds. The first-order valence-corrected chi connectivity index (χ1v) is 8.91. The van der Waals surface area contributed by atoms with Crippen LogP contribution in [0.3, 0.4) is 0 Å². The van der Waals surface area contributed by atoms with Crippen molar-refractivity contribution in [2.75, 3.05) is 5.32 Å². The third-order valence-electron chi connectivity index (χ3n) is 2.95. The summed E-state index contributed by atoms with van der Waals surface area (Å²) >= 11 is 9.18. The Labute approximate surface area is 142 Å². The summed E-state index contributed by atoms with van der Waals surface area (Å²) in [6.45, 7) is 2.07. The molecule has 0 unspecified atom stereocenters. The number of nitrogens with zero attached hydrogens (tertiary/aromatic N) is 2. The fourth-order valence-corrected chi connectivity index (χ4v) is 3.57. The number of aromatic nitrogens is 2. The van der Waals surface area contributed by atoms with Crippen LogP contribution in [0.2, 0.25) is 5.02 Å². The topological polar surface area (TPSA) is 37.8 Å². The Morgan fingerprint density at radius 3 is 2.50 bits per heavy atom. The van der Waals surface area contributed by atoms with E-state index in [0.29, 0.717) is 0 Å². The van der Waals surface area contributed by atoms with Crippen LogP contribution < -0.4 is 5.32 Å². The summed E-state index contributed by atoms with van der Waals surface area (Å²) in [7, 11) is 0. The van der Waals surface area contributed by atoms with Crippen molar-refractivity contribution in [3.05, 3.63) is 64.1 Å². The van der Waals surface area contributed by atoms with E-state index in [0.717, 1.165) is 26.6 Å². The fourth-order valence-electron chi connectivity index (χ4n) is 1.80. The van der Waals surface area contributed by atoms with Crippen molar-refractivity contribution >= 4 is 45.5 Å². The molecule has 0 atom stereocenters. The number of aryl methyl sites for hydroxylation is 1. The third-order valence-corrected chi connectivity index (χ3v) is 5.24. The molecule has 1 heterocycles. The molecule has 3 nitrogen and oxygen atoms in total. The normalized spacial score (nSPS) is 10.6. The van der Waals surface area contributed by atoms with E-state index in [2.05, 4.69) is 34.6 Å². The fraction of sp³-hybridized carbons (Fsp3) is 0.125. The average molecular weight is 348 g/mol. The number of benzene rings is 2. The summed E-state index contributed by atoms with van der Waals surface area (Å²) in [5.74, 6) is 0.800. The standard InChI is InChI=1S/C16H14ClN3S2/c1-11-2-6-13(7-3-11)18-16-20-19-15(22-16)10-21-14-8-4-12(17)5-9-14/h2-9H,10H2,1H3,(H,18,20). The van der Waals surface area contributed by atoms with Crippen LogP contribution in [-0.4, -0.2) is 10.2 Å². The van der Waals surface area contributed by atoms with Gasteiger partial charge < -0.3 is 5.32 Å². The van der Waals surface area contributed by atoms with Crippen molar-refractivity contribution in [1.29, 1.82) is 0 Å². The Balaban J connectivity index is 1.59. The van der Waals surface area contributed by atoms with Crippen LogP contribution in [0.4, 0.5) is 10.8 Å². The van der Waals surface area contributed by atoms with Gasteiger partial charge in [-0.05, 0) is 43.3 Å². The lowest BCUT2D eigenvalue weighted by Crippen LogP contribution is -1.88. The molecular formula is C16H14ClN3S2. The summed E-state index contributed by atoms with van der Waals surface area (Å²) in [6.07, 6.45) is 0. The van der Waals surface area contributed by atoms with Crippen LogP contribution in [-0.2, 0) is 5.75 Å². The molecule has 6 heteroatoms. The van der Waals surface area contributed by atoms with Crippen molar-refractivity contribution in [2.45, 2.75) is 17.6 Å². The minimum atomic E-state index is 0.754. The highest BCUT2D eigenvalue weighted by molar-refractivity contribution is 7.98. The molecule has 22 heavy (non-hydrogen) atoms. The second-order valence-corrected chi connectivity index (χ2v) is 7.28. The molecule has 2 aromatic carbocycles. The van der Waals surface area contributed by atoms with E-state index in [-0.39, 0.29) is 0 Å². The van der Waals surface area contributed by atoms with Gasteiger partial charge in [-0.3, -0.25) is 0 Å². The highest BCUT2D eigenvalue weighted by Gasteiger charge is 2.05. The summed E-state index contributed by atoms with van der Waals surface area (Å²) < 4.78 is 0. The average Bonchev–Trinajstić information content (AvgIpc) is 2.97. The van der Waals surface area contributed by atoms with Crippen molar-refractivity contribution in [1.82, 2.24) is 10.2 Å². The number of rotatable bonds is 5. The zero-order valence-corrected chi connectivity index (χ0v) is 14.3. The highest BCUT2D eigenvalue weighted by Crippen LogP contribution is 2.28. The molecule has 3 rings (SSSR count). The molecule has 0 fully saturated rings. The van der Waals surface area contributed by atoms with Gasteiger partial charge in [0.2, 0.25) is 5.13 Å². The Kier molecular flexibility index (Phi) is 4.97. The Morgan fingerprint density at radius 2 is 1.77 bits per heavy atom. The predicted octanol–water partition coefficient (Wildman–Crippen LogP) is 5.54. The second kappa shape index (κ2) is 7.13. The molecule has 1 aromatic heterocycles. The molecule has 0 bridgehead atoms. The van der Waals surface area contributed by atoms with E-state index in [1.165, 1.54) is 10.5 Å². The minimum absolute atomic E-state index is 0.754. The highest BCUT2D eigenvalue weighted by atomic mass is 35.5. The largest absolute Gasteiger partial charge is 0.330 e. The molecule has 0 saturated carbocycles. The van der Waals surface area contributed by atoms with Gasteiger partial charge in [0.25, 0.3) is 0 Å². The van der Waals surface area contributed by atoms with Crippen molar-refractivity contribution in [2.24, 2.45) is 0 Å². The first-order chi connectivity index (χ1) is 10.7. The number of hydrogen-bond acceptors (Lipinski definition) is 5. The molecular weight excluding hydrogens is 334 g/mol. The molecule has 3 aromatic rings. The number of thioether (sulfide) groups is 1. The van der Waals surface area contributed by atoms with Crippen LogP contribution >= 0.6 is 34.7 Å². The first-order valence-electron chi connectivity index (χ1n) is 6.73. The van der Waals surface area contributed by atoms with Gasteiger partial charge in [-0.2, -0.15) is 0 Å². The van der Waals surface area contributed by atoms with E-state index in [1.807, 2.05) is 36.4 Å². The van der Waals surface area contributed by atoms with Gasteiger partial charge in [0.05, 0.1) is 5.75 Å². The molecule has 0 spiro atoms. The Hall–Kier alpha value is -1.56. The number of nitrogens with one attached hydrogen (secondary N) is 1. The molecule has 0 aliphatic heterocycles. The number of halogens is 1. The van der Waals surface area contributed by atoms with Gasteiger partial charge >= 0.3 is 0 Å². The van der Waals surface area contributed by atoms with E-state index < -0.39 is 0 Å². The maximum Gasteiger partial charge on any atom is 0.210 e. The van der Waals surface area contributed by atoms with Gasteiger partial charge in [0.1, 0.15) is 5.01 Å². The lowest BCUT2D eigenvalue weighted by Gasteiger charge is -2.01. The van der Waals surface area contributed by atoms with E-state index >= 15 is 0 Å². The maximum atomic E-state index is 5.88. The lowest BCUT2D eigenvalue weighted by atomic mass is 10.2. The van der Waals surface area contributed by atoms with Gasteiger partial charge in [-0.15, -0.1) is 22.0 Å². The zero-order valence-electron chi connectivity index (χ0n) is 11.9. The van der Waals surface area contributed by atoms with Gasteiger partial charge in [0.15, 0.2) is 0 Å². The van der Waals surface area contributed by atoms with E-state index in [4.69, 9.17) is 11.6 Å². The van der Waals surface area contributed by atoms with Crippen LogP contribution in [0.15, 0.2) is 53.4 Å². The van der Waals surface area contributed by atoms with Crippen LogP contribution in [0.1, 0.15) is 10.6 Å². The predicted molar refractivity (Wildman–Crippen MR) is 95.4 cm³/mol. The summed E-state index contributed by atoms with van der Waals surface area (Å²) in [5, 5.41) is 14.2. The smallest absolute Gasteiger partial charge is 0.210 e. The summed E-state index contributed by atoms with van der Waals surface area (Å²) in [6, 6.07) is 16.0. The first kappa shape index (κ1) is 15.3. The molecule has 0 aliphatic carbocycles. The third kappa shape index (κ3) is 4.22. The van der Waals surface area contributed by atoms with E-state index in [1.54, 1.807) is 23.1 Å². The van der Waals surface area contributed by atoms with Crippen molar-refractivity contribution in [3.63, 3.8) is 0 Å². The van der Waals surface area contributed by atoms with Crippen LogP contribution in [0.5, 0.6) is 0 Å². The van der Waals surface area contributed by atoms with Gasteiger partial charge in [-0.1, -0.05) is 40.6 Å². The second-order valence-electron chi connectivity index (χ2n) is 4.73. The molecule has 0 radical (unpaired) electrons. The van der Waals surface area contributed by atoms with Gasteiger partial charge in [-0.25, -0.2) is 0 Å². The number of anilines is 2. The van der Waals surface area contributed by atoms with Gasteiger partial charge in [0, 0.05) is 15.6 Å². The lowest BCUT2D eigenvalue weighted by molar-refractivity contribution is 1.04. The van der Waals surface area contributed by atoms with Crippen LogP contribution in [0, 0.1) is 6.92 Å². The monoisotopic (exact) mass is 347 g/mol. The summed E-state index contributed by atoms with van der Waals surface area (Å²) in [4.78, 5) is 1.17. The quantitative estimate of drug-likeness (QED) is 0.615. The summed E-state index contributed by atoms with van der Waals surface area (Å²) in [5.41, 5.74) is 2.27. The Bertz CT molecular complexity index is 739.